The van der Waals surface area contributed by atoms with Crippen molar-refractivity contribution in [3.8, 4) is 0 Å². The lowest BCUT2D eigenvalue weighted by Gasteiger charge is -2.39. The van der Waals surface area contributed by atoms with E-state index in [1.54, 1.807) is 0 Å². The summed E-state index contributed by atoms with van der Waals surface area (Å²) in [6, 6.07) is -0.521. The lowest BCUT2D eigenvalue weighted by molar-refractivity contribution is -0.145. The maximum atomic E-state index is 13.7. The average Bonchev–Trinajstić information content (AvgIpc) is 2.76. The van der Waals surface area contributed by atoms with Gasteiger partial charge in [0.1, 0.15) is 12.2 Å². The number of esters is 1. The number of carbonyl (C=O) groups excluding carboxylic acids is 1. The summed E-state index contributed by atoms with van der Waals surface area (Å²) in [5.74, 6) is -0.379. The van der Waals surface area contributed by atoms with Crippen molar-refractivity contribution >= 4 is 14.3 Å². The minimum absolute atomic E-state index is 0.118. The molecule has 3 atom stereocenters. The molecule has 0 radical (unpaired) electrons. The summed E-state index contributed by atoms with van der Waals surface area (Å²) in [6.45, 7) is 17.8. The third-order valence-electron chi connectivity index (χ3n) is 5.08. The van der Waals surface area contributed by atoms with E-state index in [1.807, 2.05) is 11.8 Å². The molecule has 1 fully saturated rings. The van der Waals surface area contributed by atoms with Gasteiger partial charge in [0.15, 0.2) is 8.32 Å². The topological polar surface area (TPSA) is 38.8 Å². The van der Waals surface area contributed by atoms with Crippen LogP contribution in [-0.2, 0) is 14.0 Å². The molecule has 0 saturated carbocycles. The fourth-order valence-corrected chi connectivity index (χ4v) is 3.90. The van der Waals surface area contributed by atoms with Gasteiger partial charge in [-0.1, -0.05) is 27.4 Å². The molecule has 6 heteroatoms. The summed E-state index contributed by atoms with van der Waals surface area (Å²) in [6.07, 6.45) is -0.923. The van der Waals surface area contributed by atoms with Crippen LogP contribution < -0.4 is 0 Å². The molecule has 0 aromatic rings. The molecule has 1 unspecified atom stereocenters. The molecule has 0 aliphatic carbocycles. The zero-order chi connectivity index (χ0) is 18.0. The van der Waals surface area contributed by atoms with Crippen LogP contribution in [-0.4, -0.2) is 57.7 Å². The van der Waals surface area contributed by atoms with Gasteiger partial charge in [-0.25, -0.2) is 4.39 Å². The molecular formula is C17H32FNO3Si. The first kappa shape index (κ1) is 20.3. The summed E-state index contributed by atoms with van der Waals surface area (Å²) < 4.78 is 24.8. The Labute approximate surface area is 141 Å². The van der Waals surface area contributed by atoms with Crippen LogP contribution in [0.1, 0.15) is 34.1 Å². The van der Waals surface area contributed by atoms with Crippen LogP contribution in [0.15, 0.2) is 12.2 Å². The van der Waals surface area contributed by atoms with Crippen LogP contribution in [0.3, 0.4) is 0 Å². The molecule has 0 aromatic heterocycles. The average molecular weight is 346 g/mol. The minimum atomic E-state index is -1.89. The molecule has 1 saturated heterocycles. The highest BCUT2D eigenvalue weighted by atomic mass is 28.4. The van der Waals surface area contributed by atoms with Gasteiger partial charge in [0.25, 0.3) is 0 Å². The third-order valence-corrected chi connectivity index (χ3v) is 9.64. The number of nitrogens with zero attached hydrogens (tertiary/aromatic N) is 1. The van der Waals surface area contributed by atoms with E-state index in [4.69, 9.17) is 9.16 Å². The van der Waals surface area contributed by atoms with E-state index in [2.05, 4.69) is 40.4 Å². The highest BCUT2D eigenvalue weighted by Crippen LogP contribution is 2.38. The fourth-order valence-electron chi connectivity index (χ4n) is 2.50. The van der Waals surface area contributed by atoms with E-state index < -0.39 is 20.5 Å². The molecule has 4 nitrogen and oxygen atoms in total. The predicted octanol–water partition coefficient (Wildman–Crippen LogP) is 3.54. The number of methoxy groups -OCH3 is 1. The Hall–Kier alpha value is -0.723. The second kappa shape index (κ2) is 7.45. The predicted molar refractivity (Wildman–Crippen MR) is 93.8 cm³/mol. The van der Waals surface area contributed by atoms with Crippen LogP contribution in [0.5, 0.6) is 0 Å². The van der Waals surface area contributed by atoms with Crippen molar-refractivity contribution in [3.05, 3.63) is 12.2 Å². The molecule has 0 amide bonds. The Bertz CT molecular complexity index is 448. The fraction of sp³-hybridized carbons (Fsp3) is 0.824. The zero-order valence-corrected chi connectivity index (χ0v) is 16.6. The number of alkyl halides is 1. The molecule has 0 N–H and O–H groups in total. The second-order valence-electron chi connectivity index (χ2n) is 7.98. The second-order valence-corrected chi connectivity index (χ2v) is 12.7. The van der Waals surface area contributed by atoms with E-state index in [1.165, 1.54) is 7.11 Å². The van der Waals surface area contributed by atoms with Crippen LogP contribution in [0.25, 0.3) is 0 Å². The van der Waals surface area contributed by atoms with Gasteiger partial charge in [0.2, 0.25) is 0 Å². The Morgan fingerprint density at radius 1 is 1.43 bits per heavy atom. The summed E-state index contributed by atoms with van der Waals surface area (Å²) in [5, 5.41) is 0.119. The molecule has 0 aromatic carbocycles. The van der Waals surface area contributed by atoms with Gasteiger partial charge < -0.3 is 9.16 Å². The molecule has 0 bridgehead atoms. The van der Waals surface area contributed by atoms with Crippen LogP contribution in [0.4, 0.5) is 4.39 Å². The normalized spacial score (nSPS) is 24.5. The lowest BCUT2D eigenvalue weighted by atomic mass is 10.1. The van der Waals surface area contributed by atoms with Gasteiger partial charge in [-0.3, -0.25) is 9.69 Å². The number of hydrogen-bond donors (Lipinski definition) is 0. The molecule has 1 aliphatic rings. The highest BCUT2D eigenvalue weighted by molar-refractivity contribution is 6.74. The number of ether oxygens (including phenoxy) is 1. The van der Waals surface area contributed by atoms with Crippen molar-refractivity contribution in [1.29, 1.82) is 0 Å². The van der Waals surface area contributed by atoms with E-state index >= 15 is 0 Å². The SMILES string of the molecule is C=C(CN1C[C@H](F)C[C@H]1C(=O)OC)C(C)O[Si](C)(C)C(C)(C)C. The van der Waals surface area contributed by atoms with Crippen molar-refractivity contribution in [2.75, 3.05) is 20.2 Å². The van der Waals surface area contributed by atoms with Gasteiger partial charge in [-0.05, 0) is 30.6 Å². The third kappa shape index (κ3) is 5.13. The zero-order valence-electron chi connectivity index (χ0n) is 15.6. The van der Waals surface area contributed by atoms with E-state index in [-0.39, 0.29) is 30.1 Å². The molecule has 134 valence electrons. The van der Waals surface area contributed by atoms with Crippen LogP contribution >= 0.6 is 0 Å². The largest absolute Gasteiger partial charge is 0.468 e. The van der Waals surface area contributed by atoms with Gasteiger partial charge in [-0.15, -0.1) is 0 Å². The van der Waals surface area contributed by atoms with Crippen molar-refractivity contribution in [3.63, 3.8) is 0 Å². The lowest BCUT2D eigenvalue weighted by Crippen LogP contribution is -2.45. The first-order chi connectivity index (χ1) is 10.4. The van der Waals surface area contributed by atoms with Crippen LogP contribution in [0, 0.1) is 0 Å². The molecule has 1 rings (SSSR count). The van der Waals surface area contributed by atoms with Gasteiger partial charge in [0, 0.05) is 19.5 Å². The molecule has 0 spiro atoms. The molecule has 23 heavy (non-hydrogen) atoms. The highest BCUT2D eigenvalue weighted by Gasteiger charge is 2.40. The maximum absolute atomic E-state index is 13.7. The van der Waals surface area contributed by atoms with Crippen molar-refractivity contribution in [1.82, 2.24) is 4.90 Å². The quantitative estimate of drug-likeness (QED) is 0.419. The number of halogens is 1. The summed E-state index contributed by atoms with van der Waals surface area (Å²) in [5.41, 5.74) is 0.873. The summed E-state index contributed by atoms with van der Waals surface area (Å²) in [4.78, 5) is 13.6. The molecule has 1 aliphatic heterocycles. The van der Waals surface area contributed by atoms with E-state index in [9.17, 15) is 9.18 Å². The standard InChI is InChI=1S/C17H32FNO3Si/c1-12(13(2)22-23(7,8)17(3,4)5)10-19-11-14(18)9-15(19)16(20)21-6/h13-15H,1,9-11H2,2-8H3/t13?,14-,15+/m1/s1. The monoisotopic (exact) mass is 345 g/mol. The minimum Gasteiger partial charge on any atom is -0.468 e. The number of rotatable bonds is 6. The number of hydrogen-bond acceptors (Lipinski definition) is 4. The summed E-state index contributed by atoms with van der Waals surface area (Å²) in [7, 11) is -0.553. The Kier molecular flexibility index (Phi) is 6.58. The van der Waals surface area contributed by atoms with Crippen molar-refractivity contribution < 1.29 is 18.3 Å². The number of likely N-dealkylation sites (tertiary alicyclic amines) is 1. The first-order valence-corrected chi connectivity index (χ1v) is 11.1. The van der Waals surface area contributed by atoms with Gasteiger partial charge in [0.05, 0.1) is 13.2 Å². The van der Waals surface area contributed by atoms with Crippen molar-refractivity contribution in [2.45, 2.75) is 70.6 Å². The van der Waals surface area contributed by atoms with Crippen LogP contribution in [0.2, 0.25) is 18.1 Å². The van der Waals surface area contributed by atoms with E-state index in [0.29, 0.717) is 6.54 Å². The van der Waals surface area contributed by atoms with Crippen molar-refractivity contribution in [2.24, 2.45) is 0 Å². The first-order valence-electron chi connectivity index (χ1n) is 8.20. The van der Waals surface area contributed by atoms with E-state index in [0.717, 1.165) is 5.57 Å². The summed E-state index contributed by atoms with van der Waals surface area (Å²) >= 11 is 0. The Balaban J connectivity index is 2.69. The Morgan fingerprint density at radius 3 is 2.48 bits per heavy atom. The van der Waals surface area contributed by atoms with Gasteiger partial charge in [-0.2, -0.15) is 0 Å². The molecular weight excluding hydrogens is 313 g/mol. The van der Waals surface area contributed by atoms with Gasteiger partial charge >= 0.3 is 5.97 Å². The maximum Gasteiger partial charge on any atom is 0.323 e. The number of carbonyl (C=O) groups is 1. The molecule has 1 heterocycles. The smallest absolute Gasteiger partial charge is 0.323 e. The Morgan fingerprint density at radius 2 is 2.00 bits per heavy atom.